The minimum Gasteiger partial charge on any atom is -0.188 e. The van der Waals surface area contributed by atoms with E-state index >= 15 is 0 Å². The van der Waals surface area contributed by atoms with E-state index in [1.807, 2.05) is 6.07 Å². The Morgan fingerprint density at radius 3 is 1.94 bits per heavy atom. The van der Waals surface area contributed by atoms with Crippen LogP contribution in [0.5, 0.6) is 0 Å². The minimum absolute atomic E-state index is 0.0893. The predicted molar refractivity (Wildman–Crippen MR) is 68.8 cm³/mol. The molecule has 1 aromatic rings. The van der Waals surface area contributed by atoms with E-state index in [9.17, 15) is 0 Å². The van der Waals surface area contributed by atoms with Crippen LogP contribution in [0.2, 0.25) is 0 Å². The van der Waals surface area contributed by atoms with Crippen molar-refractivity contribution in [3.05, 3.63) is 35.9 Å². The average molecular weight is 218 g/mol. The molecular formula is C14H22N2. The Morgan fingerprint density at radius 1 is 0.875 bits per heavy atom. The molecular weight excluding hydrogens is 196 g/mol. The van der Waals surface area contributed by atoms with Crippen LogP contribution in [0.4, 0.5) is 0 Å². The first-order chi connectivity index (χ1) is 7.29. The zero-order chi connectivity index (χ0) is 12.2. The van der Waals surface area contributed by atoms with Gasteiger partial charge in [0.15, 0.2) is 0 Å². The molecule has 0 aromatic heterocycles. The van der Waals surface area contributed by atoms with Gasteiger partial charge in [0.2, 0.25) is 0 Å². The second-order valence-electron chi connectivity index (χ2n) is 5.85. The molecule has 0 fully saturated rings. The number of nitrogens with zero attached hydrogens (tertiary/aromatic N) is 2. The van der Waals surface area contributed by atoms with Crippen molar-refractivity contribution in [3.8, 4) is 0 Å². The zero-order valence-electron chi connectivity index (χ0n) is 11.0. The summed E-state index contributed by atoms with van der Waals surface area (Å²) >= 11 is 0. The fourth-order valence-corrected chi connectivity index (χ4v) is 1.42. The first kappa shape index (κ1) is 12.9. The van der Waals surface area contributed by atoms with E-state index in [4.69, 9.17) is 0 Å². The van der Waals surface area contributed by atoms with E-state index < -0.39 is 0 Å². The second kappa shape index (κ2) is 4.77. The highest BCUT2D eigenvalue weighted by atomic mass is 15.2. The van der Waals surface area contributed by atoms with Crippen molar-refractivity contribution in [3.63, 3.8) is 0 Å². The van der Waals surface area contributed by atoms with Crippen LogP contribution in [-0.2, 0) is 6.42 Å². The highest BCUT2D eigenvalue weighted by Gasteiger charge is 2.19. The van der Waals surface area contributed by atoms with Crippen molar-refractivity contribution in [1.29, 1.82) is 0 Å². The second-order valence-corrected chi connectivity index (χ2v) is 5.85. The van der Waals surface area contributed by atoms with Crippen molar-refractivity contribution in [2.45, 2.75) is 52.1 Å². The summed E-state index contributed by atoms with van der Waals surface area (Å²) in [5.74, 6) is 0. The predicted octanol–water partition coefficient (Wildman–Crippen LogP) is 4.26. The summed E-state index contributed by atoms with van der Waals surface area (Å²) in [5.41, 5.74) is 1.09. The number of hydrogen-bond donors (Lipinski definition) is 0. The third-order valence-electron chi connectivity index (χ3n) is 2.10. The normalized spacial score (nSPS) is 13.3. The highest BCUT2D eigenvalue weighted by Crippen LogP contribution is 2.19. The molecule has 2 heteroatoms. The smallest absolute Gasteiger partial charge is 0.0800 e. The number of azo groups is 1. The van der Waals surface area contributed by atoms with E-state index in [0.717, 1.165) is 6.42 Å². The molecule has 0 atom stereocenters. The Hall–Kier alpha value is -1.18. The molecule has 0 heterocycles. The maximum atomic E-state index is 4.45. The summed E-state index contributed by atoms with van der Waals surface area (Å²) in [6.07, 6.45) is 0.924. The number of hydrogen-bond acceptors (Lipinski definition) is 2. The molecule has 2 nitrogen and oxygen atoms in total. The van der Waals surface area contributed by atoms with Gasteiger partial charge in [-0.2, -0.15) is 10.2 Å². The van der Waals surface area contributed by atoms with Gasteiger partial charge in [-0.15, -0.1) is 0 Å². The largest absolute Gasteiger partial charge is 0.188 e. The lowest BCUT2D eigenvalue weighted by Gasteiger charge is -2.20. The lowest BCUT2D eigenvalue weighted by atomic mass is 9.96. The van der Waals surface area contributed by atoms with Crippen molar-refractivity contribution >= 4 is 0 Å². The fraction of sp³-hybridized carbons (Fsp3) is 0.571. The molecule has 1 aromatic carbocycles. The first-order valence-corrected chi connectivity index (χ1v) is 5.77. The molecule has 0 aliphatic carbocycles. The molecule has 0 bridgehead atoms. The van der Waals surface area contributed by atoms with Gasteiger partial charge >= 0.3 is 0 Å². The first-order valence-electron chi connectivity index (χ1n) is 5.77. The van der Waals surface area contributed by atoms with E-state index in [1.165, 1.54) is 5.56 Å². The molecule has 0 aliphatic rings. The molecule has 0 N–H and O–H groups in total. The standard InChI is InChI=1S/C14H22N2/c1-13(2,3)15-16-14(4,5)11-12-9-7-6-8-10-12/h6-10H,11H2,1-5H3. The number of rotatable bonds is 3. The molecule has 0 aliphatic heterocycles. The molecule has 16 heavy (non-hydrogen) atoms. The Labute approximate surface area is 98.8 Å². The van der Waals surface area contributed by atoms with E-state index in [2.05, 4.69) is 69.1 Å². The van der Waals surface area contributed by atoms with Crippen LogP contribution < -0.4 is 0 Å². The monoisotopic (exact) mass is 218 g/mol. The van der Waals surface area contributed by atoms with Gasteiger partial charge < -0.3 is 0 Å². The zero-order valence-corrected chi connectivity index (χ0v) is 11.0. The van der Waals surface area contributed by atoms with Gasteiger partial charge in [0, 0.05) is 0 Å². The van der Waals surface area contributed by atoms with Crippen molar-refractivity contribution in [2.75, 3.05) is 0 Å². The SMILES string of the molecule is CC(C)(C)N=NC(C)(C)Cc1ccccc1. The van der Waals surface area contributed by atoms with Crippen molar-refractivity contribution in [2.24, 2.45) is 10.2 Å². The van der Waals surface area contributed by atoms with Crippen LogP contribution in [0.25, 0.3) is 0 Å². The van der Waals surface area contributed by atoms with Gasteiger partial charge in [-0.25, -0.2) is 0 Å². The summed E-state index contributed by atoms with van der Waals surface area (Å²) < 4.78 is 0. The Morgan fingerprint density at radius 2 is 1.44 bits per heavy atom. The van der Waals surface area contributed by atoms with Crippen LogP contribution in [0.15, 0.2) is 40.6 Å². The summed E-state index contributed by atoms with van der Waals surface area (Å²) in [7, 11) is 0. The molecule has 0 radical (unpaired) electrons. The van der Waals surface area contributed by atoms with Gasteiger partial charge in [-0.1, -0.05) is 30.3 Å². The third kappa shape index (κ3) is 5.06. The summed E-state index contributed by atoms with van der Waals surface area (Å²) in [5, 5.41) is 8.80. The van der Waals surface area contributed by atoms with Gasteiger partial charge in [-0.05, 0) is 46.6 Å². The van der Waals surface area contributed by atoms with Crippen LogP contribution in [0, 0.1) is 0 Å². The highest BCUT2D eigenvalue weighted by molar-refractivity contribution is 5.17. The lowest BCUT2D eigenvalue weighted by molar-refractivity contribution is 0.437. The molecule has 0 spiro atoms. The van der Waals surface area contributed by atoms with Crippen LogP contribution in [-0.4, -0.2) is 11.1 Å². The maximum absolute atomic E-state index is 4.45. The van der Waals surface area contributed by atoms with E-state index in [-0.39, 0.29) is 11.1 Å². The average Bonchev–Trinajstić information content (AvgIpc) is 2.15. The summed E-state index contributed by atoms with van der Waals surface area (Å²) in [4.78, 5) is 0. The Kier molecular flexibility index (Phi) is 3.84. The van der Waals surface area contributed by atoms with Crippen LogP contribution in [0.3, 0.4) is 0 Å². The molecule has 1 rings (SSSR count). The summed E-state index contributed by atoms with van der Waals surface area (Å²) in [6.45, 7) is 10.4. The van der Waals surface area contributed by atoms with Gasteiger partial charge in [0.1, 0.15) is 0 Å². The molecule has 0 saturated heterocycles. The lowest BCUT2D eigenvalue weighted by Crippen LogP contribution is -2.21. The van der Waals surface area contributed by atoms with Crippen LogP contribution in [0.1, 0.15) is 40.2 Å². The summed E-state index contributed by atoms with van der Waals surface area (Å²) in [6, 6.07) is 10.4. The molecule has 88 valence electrons. The Balaban J connectivity index is 2.69. The van der Waals surface area contributed by atoms with Crippen molar-refractivity contribution in [1.82, 2.24) is 0 Å². The maximum Gasteiger partial charge on any atom is 0.0800 e. The van der Waals surface area contributed by atoms with E-state index in [1.54, 1.807) is 0 Å². The topological polar surface area (TPSA) is 24.7 Å². The van der Waals surface area contributed by atoms with Gasteiger partial charge in [0.25, 0.3) is 0 Å². The Bertz CT molecular complexity index is 345. The minimum atomic E-state index is -0.130. The number of benzene rings is 1. The van der Waals surface area contributed by atoms with Crippen molar-refractivity contribution < 1.29 is 0 Å². The van der Waals surface area contributed by atoms with Crippen LogP contribution >= 0.6 is 0 Å². The molecule has 0 amide bonds. The van der Waals surface area contributed by atoms with Gasteiger partial charge in [-0.3, -0.25) is 0 Å². The molecule has 0 unspecified atom stereocenters. The quantitative estimate of drug-likeness (QED) is 0.677. The third-order valence-corrected chi connectivity index (χ3v) is 2.10. The fourth-order valence-electron chi connectivity index (χ4n) is 1.42. The van der Waals surface area contributed by atoms with E-state index in [0.29, 0.717) is 0 Å². The molecule has 0 saturated carbocycles. The van der Waals surface area contributed by atoms with Gasteiger partial charge in [0.05, 0.1) is 11.1 Å².